The zero-order valence-corrected chi connectivity index (χ0v) is 17.0. The highest BCUT2D eigenvalue weighted by Crippen LogP contribution is 2.34. The van der Waals surface area contributed by atoms with Crippen molar-refractivity contribution in [3.8, 4) is 17.2 Å². The van der Waals surface area contributed by atoms with Gasteiger partial charge in [-0.3, -0.25) is 9.59 Å². The summed E-state index contributed by atoms with van der Waals surface area (Å²) in [4.78, 5) is 28.1. The molecule has 156 valence electrons. The van der Waals surface area contributed by atoms with Gasteiger partial charge in [0, 0.05) is 18.4 Å². The number of fused-ring (bicyclic) bond motifs is 2. The molecule has 2 aromatic carbocycles. The van der Waals surface area contributed by atoms with Crippen molar-refractivity contribution in [3.63, 3.8) is 0 Å². The monoisotopic (exact) mass is 408 g/mol. The molecule has 1 aliphatic heterocycles. The summed E-state index contributed by atoms with van der Waals surface area (Å²) in [6.07, 6.45) is 1.69. The van der Waals surface area contributed by atoms with E-state index in [2.05, 4.69) is 10.3 Å². The maximum Gasteiger partial charge on any atom is 0.261 e. The number of carbonyl (C=O) groups excluding carboxylic acids is 1. The summed E-state index contributed by atoms with van der Waals surface area (Å²) in [5.41, 5.74) is 2.20. The van der Waals surface area contributed by atoms with Crippen molar-refractivity contribution in [2.75, 3.05) is 20.3 Å². The van der Waals surface area contributed by atoms with E-state index < -0.39 is 11.5 Å². The van der Waals surface area contributed by atoms with Crippen molar-refractivity contribution in [2.45, 2.75) is 26.3 Å². The summed E-state index contributed by atoms with van der Waals surface area (Å²) >= 11 is 0. The topological polar surface area (TPSA) is 89.7 Å². The summed E-state index contributed by atoms with van der Waals surface area (Å²) < 4.78 is 16.6. The quantitative estimate of drug-likeness (QED) is 0.627. The normalized spacial score (nSPS) is 12.3. The molecule has 7 heteroatoms. The highest BCUT2D eigenvalue weighted by molar-refractivity contribution is 5.98. The van der Waals surface area contributed by atoms with Crippen LogP contribution in [0.5, 0.6) is 17.2 Å². The van der Waals surface area contributed by atoms with E-state index in [4.69, 9.17) is 14.2 Å². The van der Waals surface area contributed by atoms with Crippen LogP contribution in [0.25, 0.3) is 10.9 Å². The second-order valence-corrected chi connectivity index (χ2v) is 7.14. The Morgan fingerprint density at radius 2 is 2.10 bits per heavy atom. The van der Waals surface area contributed by atoms with Gasteiger partial charge in [0.15, 0.2) is 11.5 Å². The Labute approximate surface area is 174 Å². The molecule has 0 bridgehead atoms. The van der Waals surface area contributed by atoms with Gasteiger partial charge in [-0.1, -0.05) is 19.1 Å². The molecular weight excluding hydrogens is 384 g/mol. The predicted octanol–water partition coefficient (Wildman–Crippen LogP) is 3.19. The maximum absolute atomic E-state index is 12.7. The van der Waals surface area contributed by atoms with E-state index in [1.807, 2.05) is 25.1 Å². The number of methoxy groups -OCH3 is 1. The minimum atomic E-state index is -0.475. The first-order valence-electron chi connectivity index (χ1n) is 10.0. The van der Waals surface area contributed by atoms with Gasteiger partial charge >= 0.3 is 0 Å². The lowest BCUT2D eigenvalue weighted by atomic mass is 10.1. The average Bonchev–Trinajstić information content (AvgIpc) is 3.23. The fourth-order valence-corrected chi connectivity index (χ4v) is 3.53. The molecular formula is C23H24N2O5. The van der Waals surface area contributed by atoms with Crippen LogP contribution < -0.4 is 25.1 Å². The zero-order chi connectivity index (χ0) is 21.1. The Morgan fingerprint density at radius 3 is 2.90 bits per heavy atom. The number of H-pyrrole nitrogens is 1. The number of nitrogens with one attached hydrogen (secondary N) is 2. The van der Waals surface area contributed by atoms with Crippen molar-refractivity contribution in [1.82, 2.24) is 10.3 Å². The van der Waals surface area contributed by atoms with Crippen LogP contribution >= 0.6 is 0 Å². The number of carbonyl (C=O) groups is 1. The Bertz CT molecular complexity index is 1150. The second kappa shape index (κ2) is 8.49. The van der Waals surface area contributed by atoms with E-state index in [0.717, 1.165) is 29.7 Å². The van der Waals surface area contributed by atoms with Crippen molar-refractivity contribution in [1.29, 1.82) is 0 Å². The Kier molecular flexibility index (Phi) is 5.61. The number of aromatic amines is 1. The number of hydrogen-bond acceptors (Lipinski definition) is 5. The van der Waals surface area contributed by atoms with Crippen LogP contribution in [-0.4, -0.2) is 31.2 Å². The van der Waals surface area contributed by atoms with Gasteiger partial charge in [0.25, 0.3) is 11.5 Å². The van der Waals surface area contributed by atoms with Gasteiger partial charge in [0.1, 0.15) is 11.3 Å². The Hall–Kier alpha value is -3.48. The summed E-state index contributed by atoms with van der Waals surface area (Å²) in [5, 5.41) is 3.52. The van der Waals surface area contributed by atoms with Gasteiger partial charge in [-0.25, -0.2) is 0 Å². The van der Waals surface area contributed by atoms with Gasteiger partial charge in [-0.15, -0.1) is 0 Å². The van der Waals surface area contributed by atoms with Crippen LogP contribution in [0, 0.1) is 0 Å². The molecule has 0 spiro atoms. The van der Waals surface area contributed by atoms with E-state index in [1.165, 1.54) is 0 Å². The molecule has 3 aromatic rings. The number of hydrogen-bond donors (Lipinski definition) is 2. The lowest BCUT2D eigenvalue weighted by Gasteiger charge is -2.13. The molecule has 1 aliphatic rings. The summed E-state index contributed by atoms with van der Waals surface area (Å²) in [6.45, 7) is 3.51. The minimum absolute atomic E-state index is 0.0543. The van der Waals surface area contributed by atoms with E-state index in [1.54, 1.807) is 25.3 Å². The third-order valence-electron chi connectivity index (χ3n) is 5.06. The molecule has 0 saturated heterocycles. The Balaban J connectivity index is 1.58. The van der Waals surface area contributed by atoms with Gasteiger partial charge in [-0.05, 0) is 41.8 Å². The standard InChI is InChI=1S/C23H24N2O5/c1-3-9-30-21-19(28-2)7-5-16-12-17(23(27)25-20(16)21)22(26)24-13-14-4-6-18-15(11-14)8-10-29-18/h4-7,11-12H,3,8-10,13H2,1-2H3,(H,24,26)(H,25,27). The molecule has 1 amide bonds. The molecule has 0 atom stereocenters. The number of aromatic nitrogens is 1. The SMILES string of the molecule is CCCOc1c(OC)ccc2cc(C(=O)NCc3ccc4c(c3)CCO4)c(=O)[nH]c12. The number of benzene rings is 2. The molecule has 2 heterocycles. The first kappa shape index (κ1) is 19.8. The fraction of sp³-hybridized carbons (Fsp3) is 0.304. The van der Waals surface area contributed by atoms with Crippen LogP contribution in [0.3, 0.4) is 0 Å². The molecule has 0 fully saturated rings. The lowest BCUT2D eigenvalue weighted by molar-refractivity contribution is 0.0949. The predicted molar refractivity (Wildman–Crippen MR) is 114 cm³/mol. The first-order valence-corrected chi connectivity index (χ1v) is 10.0. The van der Waals surface area contributed by atoms with Crippen molar-refractivity contribution in [3.05, 3.63) is 63.4 Å². The molecule has 0 unspecified atom stereocenters. The van der Waals surface area contributed by atoms with E-state index in [-0.39, 0.29) is 5.56 Å². The lowest BCUT2D eigenvalue weighted by Crippen LogP contribution is -2.29. The minimum Gasteiger partial charge on any atom is -0.493 e. The van der Waals surface area contributed by atoms with Gasteiger partial charge < -0.3 is 24.5 Å². The number of amides is 1. The van der Waals surface area contributed by atoms with Crippen LogP contribution in [0.1, 0.15) is 34.8 Å². The van der Waals surface area contributed by atoms with Gasteiger partial charge in [0.2, 0.25) is 0 Å². The van der Waals surface area contributed by atoms with Gasteiger partial charge in [-0.2, -0.15) is 0 Å². The summed E-state index contributed by atoms with van der Waals surface area (Å²) in [7, 11) is 1.55. The molecule has 7 nitrogen and oxygen atoms in total. The molecule has 30 heavy (non-hydrogen) atoms. The molecule has 0 radical (unpaired) electrons. The molecule has 1 aromatic heterocycles. The molecule has 2 N–H and O–H groups in total. The fourth-order valence-electron chi connectivity index (χ4n) is 3.53. The zero-order valence-electron chi connectivity index (χ0n) is 17.0. The number of pyridine rings is 1. The van der Waals surface area contributed by atoms with Gasteiger partial charge in [0.05, 0.1) is 25.8 Å². The van der Waals surface area contributed by atoms with Crippen LogP contribution in [0.15, 0.2) is 41.2 Å². The van der Waals surface area contributed by atoms with Crippen LogP contribution in [0.4, 0.5) is 0 Å². The van der Waals surface area contributed by atoms with E-state index in [0.29, 0.717) is 42.2 Å². The molecule has 0 aliphatic carbocycles. The average molecular weight is 408 g/mol. The third kappa shape index (κ3) is 3.83. The van der Waals surface area contributed by atoms with Crippen LogP contribution in [-0.2, 0) is 13.0 Å². The van der Waals surface area contributed by atoms with E-state index in [9.17, 15) is 9.59 Å². The summed E-state index contributed by atoms with van der Waals surface area (Å²) in [5.74, 6) is 1.47. The summed E-state index contributed by atoms with van der Waals surface area (Å²) in [6, 6.07) is 11.0. The van der Waals surface area contributed by atoms with E-state index >= 15 is 0 Å². The Morgan fingerprint density at radius 1 is 1.23 bits per heavy atom. The number of rotatable bonds is 7. The highest BCUT2D eigenvalue weighted by Gasteiger charge is 2.17. The van der Waals surface area contributed by atoms with Crippen molar-refractivity contribution >= 4 is 16.8 Å². The molecule has 0 saturated carbocycles. The van der Waals surface area contributed by atoms with Crippen molar-refractivity contribution < 1.29 is 19.0 Å². The number of ether oxygens (including phenoxy) is 3. The van der Waals surface area contributed by atoms with Crippen LogP contribution in [0.2, 0.25) is 0 Å². The largest absolute Gasteiger partial charge is 0.493 e. The second-order valence-electron chi connectivity index (χ2n) is 7.14. The third-order valence-corrected chi connectivity index (χ3v) is 5.06. The molecule has 4 rings (SSSR count). The highest BCUT2D eigenvalue weighted by atomic mass is 16.5. The van der Waals surface area contributed by atoms with Crippen molar-refractivity contribution in [2.24, 2.45) is 0 Å². The first-order chi connectivity index (χ1) is 14.6. The maximum atomic E-state index is 12.7. The smallest absolute Gasteiger partial charge is 0.261 e.